The highest BCUT2D eigenvalue weighted by atomic mass is 35.5. The molecule has 0 amide bonds. The van der Waals surface area contributed by atoms with Crippen LogP contribution in [0.4, 0.5) is 0 Å². The Bertz CT molecular complexity index is 1390. The number of fused-ring (bicyclic) bond motifs is 4. The van der Waals surface area contributed by atoms with Gasteiger partial charge in [-0.15, -0.1) is 10.2 Å². The van der Waals surface area contributed by atoms with Gasteiger partial charge in [0.2, 0.25) is 17.6 Å². The van der Waals surface area contributed by atoms with Gasteiger partial charge in [-0.25, -0.2) is 14.5 Å². The summed E-state index contributed by atoms with van der Waals surface area (Å²) in [5.74, 6) is 1.13. The normalized spacial score (nSPS) is 15.3. The standard InChI is InChI=1S/C17H13ClN10O/c1-7-10-11(8-3-21-27(2)5-8)12-15-22-14(13-9(18)4-20-24-13)26-28(15)6-19-16(12)29-17(10)25-23-7/h3-6,11H,1-2H3,(H,20,24)(H,23,25)/t11-/m0/s1. The number of aryl methyl sites for hydroxylation is 2. The van der Waals surface area contributed by atoms with Crippen LogP contribution in [0.1, 0.15) is 28.3 Å². The lowest BCUT2D eigenvalue weighted by Gasteiger charge is -2.24. The predicted octanol–water partition coefficient (Wildman–Crippen LogP) is 2.22. The van der Waals surface area contributed by atoms with Gasteiger partial charge in [0.15, 0.2) is 5.65 Å². The molecule has 0 spiro atoms. The molecule has 2 N–H and O–H groups in total. The summed E-state index contributed by atoms with van der Waals surface area (Å²) in [7, 11) is 1.88. The predicted molar refractivity (Wildman–Crippen MR) is 101 cm³/mol. The molecule has 5 aromatic heterocycles. The van der Waals surface area contributed by atoms with Crippen LogP contribution in [0.2, 0.25) is 5.02 Å². The molecular weight excluding hydrogens is 396 g/mol. The van der Waals surface area contributed by atoms with Crippen molar-refractivity contribution >= 4 is 17.2 Å². The minimum Gasteiger partial charge on any atom is -0.418 e. The Morgan fingerprint density at radius 3 is 2.83 bits per heavy atom. The first-order valence-corrected chi connectivity index (χ1v) is 9.13. The number of ether oxygens (including phenoxy) is 1. The third kappa shape index (κ3) is 2.24. The second-order valence-corrected chi connectivity index (χ2v) is 7.22. The Labute approximate surface area is 167 Å². The quantitative estimate of drug-likeness (QED) is 0.449. The van der Waals surface area contributed by atoms with E-state index >= 15 is 0 Å². The maximum atomic E-state index is 6.20. The molecule has 6 rings (SSSR count). The first kappa shape index (κ1) is 16.2. The van der Waals surface area contributed by atoms with Crippen LogP contribution < -0.4 is 4.74 Å². The summed E-state index contributed by atoms with van der Waals surface area (Å²) in [6, 6.07) is 0. The van der Waals surface area contributed by atoms with Crippen molar-refractivity contribution in [2.24, 2.45) is 7.05 Å². The van der Waals surface area contributed by atoms with E-state index in [1.807, 2.05) is 26.4 Å². The topological polar surface area (TPSA) is 127 Å². The maximum Gasteiger partial charge on any atom is 0.244 e. The first-order valence-electron chi connectivity index (χ1n) is 8.76. The number of nitrogens with one attached hydrogen (secondary N) is 2. The van der Waals surface area contributed by atoms with E-state index in [4.69, 9.17) is 21.3 Å². The molecule has 5 aromatic rings. The number of hydrogen-bond donors (Lipinski definition) is 2. The minimum absolute atomic E-state index is 0.216. The number of H-pyrrole nitrogens is 2. The van der Waals surface area contributed by atoms with Crippen molar-refractivity contribution in [3.05, 3.63) is 52.3 Å². The van der Waals surface area contributed by atoms with Gasteiger partial charge in [0.1, 0.15) is 12.0 Å². The molecule has 0 radical (unpaired) electrons. The molecule has 1 atom stereocenters. The van der Waals surface area contributed by atoms with Crippen LogP contribution in [0.3, 0.4) is 0 Å². The van der Waals surface area contributed by atoms with Crippen molar-refractivity contribution in [1.82, 2.24) is 49.8 Å². The van der Waals surface area contributed by atoms with Gasteiger partial charge < -0.3 is 4.74 Å². The van der Waals surface area contributed by atoms with E-state index in [-0.39, 0.29) is 5.92 Å². The summed E-state index contributed by atoms with van der Waals surface area (Å²) >= 11 is 6.20. The third-order valence-electron chi connectivity index (χ3n) is 4.99. The molecule has 0 saturated carbocycles. The van der Waals surface area contributed by atoms with E-state index in [1.54, 1.807) is 15.5 Å². The molecule has 144 valence electrons. The molecule has 1 aliphatic heterocycles. The third-order valence-corrected chi connectivity index (χ3v) is 5.28. The van der Waals surface area contributed by atoms with Crippen molar-refractivity contribution in [2.75, 3.05) is 0 Å². The van der Waals surface area contributed by atoms with Crippen molar-refractivity contribution in [3.63, 3.8) is 0 Å². The van der Waals surface area contributed by atoms with E-state index in [9.17, 15) is 0 Å². The average molecular weight is 409 g/mol. The van der Waals surface area contributed by atoms with Crippen LogP contribution in [0, 0.1) is 6.92 Å². The van der Waals surface area contributed by atoms with E-state index in [1.165, 1.54) is 6.20 Å². The fourth-order valence-corrected chi connectivity index (χ4v) is 3.90. The molecule has 1 aliphatic rings. The molecule has 0 aromatic carbocycles. The minimum atomic E-state index is -0.216. The lowest BCUT2D eigenvalue weighted by molar-refractivity contribution is 0.416. The lowest BCUT2D eigenvalue weighted by Crippen LogP contribution is -2.14. The smallest absolute Gasteiger partial charge is 0.244 e. The molecule has 12 heteroatoms. The fraction of sp³-hybridized carbons (Fsp3) is 0.176. The number of halogens is 1. The molecule has 0 aliphatic carbocycles. The summed E-state index contributed by atoms with van der Waals surface area (Å²) in [6.45, 7) is 1.96. The Morgan fingerprint density at radius 2 is 2.07 bits per heavy atom. The molecule has 0 unspecified atom stereocenters. The second kappa shape index (κ2) is 5.64. The van der Waals surface area contributed by atoms with Gasteiger partial charge in [-0.1, -0.05) is 11.6 Å². The average Bonchev–Trinajstić information content (AvgIpc) is 3.47. The number of rotatable bonds is 2. The van der Waals surface area contributed by atoms with Gasteiger partial charge in [0, 0.05) is 30.1 Å². The Hall–Kier alpha value is -3.73. The van der Waals surface area contributed by atoms with Crippen molar-refractivity contribution in [1.29, 1.82) is 0 Å². The SMILES string of the molecule is Cc1[nH]nc2c1[C@H](c1cnn(C)c1)c1c(ncn3nc(-c4[nH]ncc4Cl)nc13)O2. The largest absolute Gasteiger partial charge is 0.418 e. The Kier molecular flexibility index (Phi) is 3.16. The number of aromatic nitrogens is 10. The molecule has 6 heterocycles. The molecule has 11 nitrogen and oxygen atoms in total. The van der Waals surface area contributed by atoms with Crippen LogP contribution in [-0.2, 0) is 7.05 Å². The molecule has 29 heavy (non-hydrogen) atoms. The first-order chi connectivity index (χ1) is 14.1. The van der Waals surface area contributed by atoms with Crippen molar-refractivity contribution in [3.8, 4) is 23.3 Å². The van der Waals surface area contributed by atoms with Gasteiger partial charge in [-0.05, 0) is 6.92 Å². The zero-order valence-electron chi connectivity index (χ0n) is 15.3. The highest BCUT2D eigenvalue weighted by Gasteiger charge is 2.37. The maximum absolute atomic E-state index is 6.20. The highest BCUT2D eigenvalue weighted by molar-refractivity contribution is 6.32. The van der Waals surface area contributed by atoms with E-state index in [0.717, 1.165) is 22.4 Å². The summed E-state index contributed by atoms with van der Waals surface area (Å²) in [5.41, 5.74) is 4.73. The summed E-state index contributed by atoms with van der Waals surface area (Å²) in [4.78, 5) is 9.17. The molecule has 0 bridgehead atoms. The van der Waals surface area contributed by atoms with Gasteiger partial charge >= 0.3 is 0 Å². The van der Waals surface area contributed by atoms with E-state index < -0.39 is 0 Å². The zero-order chi connectivity index (χ0) is 19.7. The van der Waals surface area contributed by atoms with E-state index in [0.29, 0.717) is 33.9 Å². The van der Waals surface area contributed by atoms with Crippen LogP contribution in [0.5, 0.6) is 11.8 Å². The van der Waals surface area contributed by atoms with Crippen LogP contribution in [-0.4, -0.2) is 49.8 Å². The number of hydrogen-bond acceptors (Lipinski definition) is 7. The molecule has 0 fully saturated rings. The number of nitrogens with zero attached hydrogens (tertiary/aromatic N) is 8. The zero-order valence-corrected chi connectivity index (χ0v) is 16.0. The van der Waals surface area contributed by atoms with Crippen LogP contribution in [0.25, 0.3) is 17.2 Å². The van der Waals surface area contributed by atoms with E-state index in [2.05, 4.69) is 35.6 Å². The van der Waals surface area contributed by atoms with Gasteiger partial charge in [0.05, 0.1) is 28.9 Å². The summed E-state index contributed by atoms with van der Waals surface area (Å²) < 4.78 is 9.35. The highest BCUT2D eigenvalue weighted by Crippen LogP contribution is 2.48. The van der Waals surface area contributed by atoms with Gasteiger partial charge in [0.25, 0.3) is 0 Å². The molecular formula is C17H13ClN10O. The summed E-state index contributed by atoms with van der Waals surface area (Å²) in [5, 5.41) is 23.4. The van der Waals surface area contributed by atoms with Gasteiger partial charge in [-0.2, -0.15) is 10.2 Å². The number of aromatic amines is 2. The monoisotopic (exact) mass is 408 g/mol. The van der Waals surface area contributed by atoms with Crippen LogP contribution >= 0.6 is 11.6 Å². The second-order valence-electron chi connectivity index (χ2n) is 6.81. The summed E-state index contributed by atoms with van der Waals surface area (Å²) in [6.07, 6.45) is 6.85. The Morgan fingerprint density at radius 1 is 1.17 bits per heavy atom. The van der Waals surface area contributed by atoms with Crippen molar-refractivity contribution < 1.29 is 4.74 Å². The van der Waals surface area contributed by atoms with Gasteiger partial charge in [-0.3, -0.25) is 14.9 Å². The lowest BCUT2D eigenvalue weighted by atomic mass is 9.86. The Balaban J connectivity index is 1.65. The van der Waals surface area contributed by atoms with Crippen LogP contribution in [0.15, 0.2) is 24.9 Å². The van der Waals surface area contributed by atoms with Crippen molar-refractivity contribution in [2.45, 2.75) is 12.8 Å². The fourth-order valence-electron chi connectivity index (χ4n) is 3.72. The molecule has 0 saturated heterocycles.